The Labute approximate surface area is 95.6 Å². The molecule has 1 unspecified atom stereocenters. The summed E-state index contributed by atoms with van der Waals surface area (Å²) in [7, 11) is 0. The van der Waals surface area contributed by atoms with Crippen molar-refractivity contribution in [2.45, 2.75) is 39.3 Å². The van der Waals surface area contributed by atoms with Crippen LogP contribution in [0.25, 0.3) is 0 Å². The minimum Gasteiger partial charge on any atom is -0.370 e. The van der Waals surface area contributed by atoms with Crippen LogP contribution < -0.4 is 5.32 Å². The molecule has 0 aromatic carbocycles. The van der Waals surface area contributed by atoms with Gasteiger partial charge in [0, 0.05) is 6.61 Å². The highest BCUT2D eigenvalue weighted by molar-refractivity contribution is 4.98. The number of rotatable bonds is 7. The zero-order valence-electron chi connectivity index (χ0n) is 9.90. The summed E-state index contributed by atoms with van der Waals surface area (Å²) in [5.74, 6) is 1.93. The van der Waals surface area contributed by atoms with E-state index < -0.39 is 0 Å². The van der Waals surface area contributed by atoms with Gasteiger partial charge in [0.25, 0.3) is 0 Å². The van der Waals surface area contributed by atoms with Crippen LogP contribution in [0.1, 0.15) is 44.5 Å². The molecule has 0 radical (unpaired) electrons. The molecule has 5 heteroatoms. The minimum absolute atomic E-state index is 0.0316. The highest BCUT2D eigenvalue weighted by Crippen LogP contribution is 2.42. The third-order valence-electron chi connectivity index (χ3n) is 2.66. The Bertz CT molecular complexity index is 323. The van der Waals surface area contributed by atoms with Crippen LogP contribution in [-0.4, -0.2) is 23.3 Å². The van der Waals surface area contributed by atoms with Crippen molar-refractivity contribution in [3.63, 3.8) is 0 Å². The smallest absolute Gasteiger partial charge is 0.240 e. The van der Waals surface area contributed by atoms with Crippen LogP contribution in [-0.2, 0) is 11.3 Å². The molecule has 1 saturated carbocycles. The standard InChI is InChI=1S/C11H19N3O2/c1-3-12-7-9-13-11(14-16-9)10(15-4-2)8-5-6-8/h8,10,12H,3-7H2,1-2H3. The molecule has 1 aliphatic carbocycles. The van der Waals surface area contributed by atoms with E-state index in [1.54, 1.807) is 0 Å². The van der Waals surface area contributed by atoms with Gasteiger partial charge in [0.05, 0.1) is 6.54 Å². The minimum atomic E-state index is 0.0316. The van der Waals surface area contributed by atoms with E-state index in [1.807, 2.05) is 13.8 Å². The van der Waals surface area contributed by atoms with Gasteiger partial charge in [-0.2, -0.15) is 4.98 Å². The van der Waals surface area contributed by atoms with Gasteiger partial charge in [-0.3, -0.25) is 0 Å². The number of ether oxygens (including phenoxy) is 1. The lowest BCUT2D eigenvalue weighted by molar-refractivity contribution is 0.0384. The van der Waals surface area contributed by atoms with Crippen molar-refractivity contribution in [1.29, 1.82) is 0 Å². The molecule has 1 N–H and O–H groups in total. The van der Waals surface area contributed by atoms with Crippen molar-refractivity contribution in [2.75, 3.05) is 13.2 Å². The van der Waals surface area contributed by atoms with E-state index in [4.69, 9.17) is 9.26 Å². The highest BCUT2D eigenvalue weighted by Gasteiger charge is 2.36. The van der Waals surface area contributed by atoms with Crippen LogP contribution in [0, 0.1) is 5.92 Å². The topological polar surface area (TPSA) is 60.2 Å². The van der Waals surface area contributed by atoms with Crippen molar-refractivity contribution >= 4 is 0 Å². The van der Waals surface area contributed by atoms with E-state index >= 15 is 0 Å². The molecule has 1 fully saturated rings. The van der Waals surface area contributed by atoms with E-state index in [-0.39, 0.29) is 6.10 Å². The molecule has 90 valence electrons. The number of hydrogen-bond acceptors (Lipinski definition) is 5. The predicted molar refractivity (Wildman–Crippen MR) is 58.8 cm³/mol. The summed E-state index contributed by atoms with van der Waals surface area (Å²) in [6, 6.07) is 0. The fourth-order valence-electron chi connectivity index (χ4n) is 1.69. The molecule has 1 aromatic heterocycles. The molecule has 0 aliphatic heterocycles. The quantitative estimate of drug-likeness (QED) is 0.764. The Kier molecular flexibility index (Phi) is 3.90. The van der Waals surface area contributed by atoms with Gasteiger partial charge in [0.1, 0.15) is 6.10 Å². The van der Waals surface area contributed by atoms with Gasteiger partial charge in [-0.25, -0.2) is 0 Å². The molecular weight excluding hydrogens is 206 g/mol. The third kappa shape index (κ3) is 2.80. The fourth-order valence-corrected chi connectivity index (χ4v) is 1.69. The maximum atomic E-state index is 5.66. The maximum absolute atomic E-state index is 5.66. The second-order valence-electron chi connectivity index (χ2n) is 4.04. The average Bonchev–Trinajstić information content (AvgIpc) is 3.02. The van der Waals surface area contributed by atoms with Gasteiger partial charge in [-0.15, -0.1) is 0 Å². The first-order valence-electron chi connectivity index (χ1n) is 6.00. The second kappa shape index (κ2) is 5.41. The summed E-state index contributed by atoms with van der Waals surface area (Å²) in [6.45, 7) is 6.26. The van der Waals surface area contributed by atoms with Gasteiger partial charge in [0.2, 0.25) is 11.7 Å². The molecule has 0 amide bonds. The molecule has 0 spiro atoms. The molecule has 1 aliphatic rings. The zero-order valence-corrected chi connectivity index (χ0v) is 9.90. The van der Waals surface area contributed by atoms with Crippen LogP contribution in [0.15, 0.2) is 4.52 Å². The van der Waals surface area contributed by atoms with Gasteiger partial charge in [-0.05, 0) is 32.2 Å². The summed E-state index contributed by atoms with van der Waals surface area (Å²) in [4.78, 5) is 4.36. The number of nitrogens with zero attached hydrogens (tertiary/aromatic N) is 2. The summed E-state index contributed by atoms with van der Waals surface area (Å²) in [5, 5.41) is 7.15. The molecule has 0 bridgehead atoms. The number of nitrogens with one attached hydrogen (secondary N) is 1. The Morgan fingerprint density at radius 3 is 2.94 bits per heavy atom. The van der Waals surface area contributed by atoms with Crippen LogP contribution in [0.4, 0.5) is 0 Å². The van der Waals surface area contributed by atoms with Gasteiger partial charge < -0.3 is 14.6 Å². The van der Waals surface area contributed by atoms with Gasteiger partial charge in [-0.1, -0.05) is 12.1 Å². The number of hydrogen-bond donors (Lipinski definition) is 1. The van der Waals surface area contributed by atoms with Gasteiger partial charge >= 0.3 is 0 Å². The molecule has 16 heavy (non-hydrogen) atoms. The molecular formula is C11H19N3O2. The van der Waals surface area contributed by atoms with Crippen LogP contribution in [0.5, 0.6) is 0 Å². The molecule has 5 nitrogen and oxygen atoms in total. The van der Waals surface area contributed by atoms with E-state index in [9.17, 15) is 0 Å². The predicted octanol–water partition coefficient (Wildman–Crippen LogP) is 1.67. The monoisotopic (exact) mass is 225 g/mol. The summed E-state index contributed by atoms with van der Waals surface area (Å²) in [6.07, 6.45) is 2.45. The molecule has 1 aromatic rings. The average molecular weight is 225 g/mol. The lowest BCUT2D eigenvalue weighted by Crippen LogP contribution is -2.12. The maximum Gasteiger partial charge on any atom is 0.240 e. The SMILES string of the molecule is CCNCc1nc(C(OCC)C2CC2)no1. The molecule has 2 rings (SSSR count). The van der Waals surface area contributed by atoms with Crippen LogP contribution >= 0.6 is 0 Å². The third-order valence-corrected chi connectivity index (χ3v) is 2.66. The first-order valence-corrected chi connectivity index (χ1v) is 6.00. The van der Waals surface area contributed by atoms with Crippen molar-refractivity contribution in [2.24, 2.45) is 5.92 Å². The first kappa shape index (κ1) is 11.5. The lowest BCUT2D eigenvalue weighted by Gasteiger charge is -2.10. The molecule has 0 saturated heterocycles. The van der Waals surface area contributed by atoms with Crippen LogP contribution in [0.3, 0.4) is 0 Å². The Morgan fingerprint density at radius 2 is 2.31 bits per heavy atom. The van der Waals surface area contributed by atoms with E-state index in [1.165, 1.54) is 12.8 Å². The summed E-state index contributed by atoms with van der Waals surface area (Å²) in [5.41, 5.74) is 0. The Morgan fingerprint density at radius 1 is 1.50 bits per heavy atom. The first-order chi connectivity index (χ1) is 7.85. The Hall–Kier alpha value is -0.940. The largest absolute Gasteiger partial charge is 0.370 e. The summed E-state index contributed by atoms with van der Waals surface area (Å²) >= 11 is 0. The molecule has 1 atom stereocenters. The lowest BCUT2D eigenvalue weighted by atomic mass is 10.2. The van der Waals surface area contributed by atoms with E-state index in [0.29, 0.717) is 30.8 Å². The van der Waals surface area contributed by atoms with Gasteiger partial charge in [0.15, 0.2) is 0 Å². The number of aromatic nitrogens is 2. The van der Waals surface area contributed by atoms with E-state index in [0.717, 1.165) is 6.54 Å². The molecule has 1 heterocycles. The van der Waals surface area contributed by atoms with Crippen molar-refractivity contribution < 1.29 is 9.26 Å². The fraction of sp³-hybridized carbons (Fsp3) is 0.818. The zero-order chi connectivity index (χ0) is 11.4. The van der Waals surface area contributed by atoms with E-state index in [2.05, 4.69) is 15.5 Å². The van der Waals surface area contributed by atoms with Crippen molar-refractivity contribution in [3.05, 3.63) is 11.7 Å². The highest BCUT2D eigenvalue weighted by atomic mass is 16.5. The second-order valence-corrected chi connectivity index (χ2v) is 4.04. The Balaban J connectivity index is 1.97. The normalized spacial score (nSPS) is 17.6. The van der Waals surface area contributed by atoms with Crippen molar-refractivity contribution in [1.82, 2.24) is 15.5 Å². The van der Waals surface area contributed by atoms with Crippen molar-refractivity contribution in [3.8, 4) is 0 Å². The summed E-state index contributed by atoms with van der Waals surface area (Å²) < 4.78 is 10.8. The van der Waals surface area contributed by atoms with Crippen LogP contribution in [0.2, 0.25) is 0 Å².